The van der Waals surface area contributed by atoms with Crippen LogP contribution in [0.15, 0.2) is 22.7 Å². The van der Waals surface area contributed by atoms with Gasteiger partial charge in [0.2, 0.25) is 0 Å². The van der Waals surface area contributed by atoms with Crippen LogP contribution in [0.2, 0.25) is 0 Å². The van der Waals surface area contributed by atoms with Crippen molar-refractivity contribution in [1.29, 1.82) is 0 Å². The molecule has 100 valence electrons. The smallest absolute Gasteiger partial charge is 0.339 e. The van der Waals surface area contributed by atoms with Crippen molar-refractivity contribution in [3.05, 3.63) is 46.6 Å². The molecule has 1 heterocycles. The lowest BCUT2D eigenvalue weighted by atomic mass is 10.2. The van der Waals surface area contributed by atoms with Gasteiger partial charge in [0.05, 0.1) is 11.3 Å². The van der Waals surface area contributed by atoms with E-state index in [4.69, 9.17) is 14.4 Å². The Morgan fingerprint density at radius 3 is 2.79 bits per heavy atom. The Labute approximate surface area is 108 Å². The van der Waals surface area contributed by atoms with Crippen LogP contribution in [0.1, 0.15) is 27.4 Å². The number of halogens is 1. The van der Waals surface area contributed by atoms with Crippen LogP contribution in [0.25, 0.3) is 0 Å². The SMILES string of the molecule is Cc1noc(C)c1COc1c(F)cccc1C(=O)O. The number of nitrogens with zero attached hydrogens (tertiary/aromatic N) is 1. The first-order chi connectivity index (χ1) is 9.00. The Balaban J connectivity index is 2.27. The molecule has 1 aromatic carbocycles. The molecule has 5 nitrogen and oxygen atoms in total. The van der Waals surface area contributed by atoms with Crippen LogP contribution in [0, 0.1) is 19.7 Å². The maximum atomic E-state index is 13.6. The number of aromatic nitrogens is 1. The van der Waals surface area contributed by atoms with Crippen molar-refractivity contribution in [3.63, 3.8) is 0 Å². The number of ether oxygens (including phenoxy) is 1. The summed E-state index contributed by atoms with van der Waals surface area (Å²) in [6.07, 6.45) is 0. The molecule has 2 aromatic rings. The summed E-state index contributed by atoms with van der Waals surface area (Å²) < 4.78 is 23.8. The number of aryl methyl sites for hydroxylation is 2. The zero-order valence-electron chi connectivity index (χ0n) is 10.4. The molecule has 0 saturated heterocycles. The second-order valence-electron chi connectivity index (χ2n) is 4.01. The van der Waals surface area contributed by atoms with Gasteiger partial charge in [-0.15, -0.1) is 0 Å². The maximum Gasteiger partial charge on any atom is 0.339 e. The van der Waals surface area contributed by atoms with Crippen molar-refractivity contribution in [3.8, 4) is 5.75 Å². The van der Waals surface area contributed by atoms with Gasteiger partial charge in [-0.25, -0.2) is 9.18 Å². The zero-order chi connectivity index (χ0) is 14.0. The van der Waals surface area contributed by atoms with Crippen molar-refractivity contribution < 1.29 is 23.6 Å². The summed E-state index contributed by atoms with van der Waals surface area (Å²) in [5, 5.41) is 12.7. The van der Waals surface area contributed by atoms with Crippen molar-refractivity contribution in [2.24, 2.45) is 0 Å². The van der Waals surface area contributed by atoms with Gasteiger partial charge in [0.25, 0.3) is 0 Å². The molecular formula is C13H12FNO4. The molecule has 0 radical (unpaired) electrons. The summed E-state index contributed by atoms with van der Waals surface area (Å²) in [7, 11) is 0. The van der Waals surface area contributed by atoms with Gasteiger partial charge in [0, 0.05) is 0 Å². The van der Waals surface area contributed by atoms with E-state index in [2.05, 4.69) is 5.16 Å². The molecule has 19 heavy (non-hydrogen) atoms. The number of benzene rings is 1. The van der Waals surface area contributed by atoms with E-state index in [-0.39, 0.29) is 17.9 Å². The van der Waals surface area contributed by atoms with E-state index in [1.165, 1.54) is 12.1 Å². The van der Waals surface area contributed by atoms with Crippen LogP contribution in [0.3, 0.4) is 0 Å². The third-order valence-corrected chi connectivity index (χ3v) is 2.74. The Kier molecular flexibility index (Phi) is 3.50. The van der Waals surface area contributed by atoms with Gasteiger partial charge in [0.1, 0.15) is 17.9 Å². The predicted octanol–water partition coefficient (Wildman–Crippen LogP) is 2.71. The molecule has 0 saturated carbocycles. The van der Waals surface area contributed by atoms with Crippen molar-refractivity contribution in [2.45, 2.75) is 20.5 Å². The van der Waals surface area contributed by atoms with Gasteiger partial charge in [-0.2, -0.15) is 0 Å². The van der Waals surface area contributed by atoms with Crippen molar-refractivity contribution in [2.75, 3.05) is 0 Å². The van der Waals surface area contributed by atoms with Crippen molar-refractivity contribution >= 4 is 5.97 Å². The highest BCUT2D eigenvalue weighted by Crippen LogP contribution is 2.25. The van der Waals surface area contributed by atoms with E-state index < -0.39 is 11.8 Å². The van der Waals surface area contributed by atoms with Crippen LogP contribution in [-0.2, 0) is 6.61 Å². The monoisotopic (exact) mass is 265 g/mol. The van der Waals surface area contributed by atoms with Gasteiger partial charge >= 0.3 is 5.97 Å². The molecule has 0 atom stereocenters. The van der Waals surface area contributed by atoms with Gasteiger partial charge in [-0.05, 0) is 26.0 Å². The number of carboxylic acid groups (broad SMARTS) is 1. The molecule has 0 fully saturated rings. The van der Waals surface area contributed by atoms with E-state index in [0.29, 0.717) is 17.0 Å². The number of hydrogen-bond acceptors (Lipinski definition) is 4. The van der Waals surface area contributed by atoms with E-state index >= 15 is 0 Å². The van der Waals surface area contributed by atoms with E-state index in [1.54, 1.807) is 13.8 Å². The van der Waals surface area contributed by atoms with Crippen molar-refractivity contribution in [1.82, 2.24) is 5.16 Å². The van der Waals surface area contributed by atoms with Gasteiger partial charge in [-0.1, -0.05) is 11.2 Å². The third kappa shape index (κ3) is 2.57. The Morgan fingerprint density at radius 2 is 2.21 bits per heavy atom. The molecule has 0 aliphatic rings. The van der Waals surface area contributed by atoms with E-state index in [1.807, 2.05) is 0 Å². The fraction of sp³-hybridized carbons (Fsp3) is 0.231. The lowest BCUT2D eigenvalue weighted by Gasteiger charge is -2.09. The summed E-state index contributed by atoms with van der Waals surface area (Å²) in [6.45, 7) is 3.44. The molecule has 0 unspecified atom stereocenters. The highest BCUT2D eigenvalue weighted by Gasteiger charge is 2.17. The first kappa shape index (κ1) is 13.1. The summed E-state index contributed by atoms with van der Waals surface area (Å²) in [5.74, 6) is -1.68. The highest BCUT2D eigenvalue weighted by atomic mass is 19.1. The molecule has 0 aliphatic carbocycles. The predicted molar refractivity (Wildman–Crippen MR) is 63.7 cm³/mol. The van der Waals surface area contributed by atoms with Gasteiger partial charge in [0.15, 0.2) is 11.6 Å². The Hall–Kier alpha value is -2.37. The standard InChI is InChI=1S/C13H12FNO4/c1-7-10(8(2)19-15-7)6-18-12-9(13(16)17)4-3-5-11(12)14/h3-5H,6H2,1-2H3,(H,16,17). The minimum Gasteiger partial charge on any atom is -0.485 e. The van der Waals surface area contributed by atoms with Gasteiger partial charge < -0.3 is 14.4 Å². The van der Waals surface area contributed by atoms with Crippen LogP contribution in [0.5, 0.6) is 5.75 Å². The molecule has 1 aromatic heterocycles. The molecule has 0 bridgehead atoms. The molecule has 0 amide bonds. The zero-order valence-corrected chi connectivity index (χ0v) is 10.4. The normalized spacial score (nSPS) is 10.5. The molecule has 0 spiro atoms. The number of aromatic carboxylic acids is 1. The first-order valence-electron chi connectivity index (χ1n) is 5.57. The summed E-state index contributed by atoms with van der Waals surface area (Å²) in [4.78, 5) is 11.0. The summed E-state index contributed by atoms with van der Waals surface area (Å²) >= 11 is 0. The average molecular weight is 265 g/mol. The summed E-state index contributed by atoms with van der Waals surface area (Å²) in [6, 6.07) is 3.75. The lowest BCUT2D eigenvalue weighted by Crippen LogP contribution is -2.06. The number of para-hydroxylation sites is 1. The quantitative estimate of drug-likeness (QED) is 0.920. The molecule has 1 N–H and O–H groups in total. The Morgan fingerprint density at radius 1 is 1.47 bits per heavy atom. The number of hydrogen-bond donors (Lipinski definition) is 1. The first-order valence-corrected chi connectivity index (χ1v) is 5.57. The highest BCUT2D eigenvalue weighted by molar-refractivity contribution is 5.90. The fourth-order valence-corrected chi connectivity index (χ4v) is 1.68. The third-order valence-electron chi connectivity index (χ3n) is 2.74. The van der Waals surface area contributed by atoms with Crippen LogP contribution >= 0.6 is 0 Å². The lowest BCUT2D eigenvalue weighted by molar-refractivity contribution is 0.0690. The van der Waals surface area contributed by atoms with Crippen LogP contribution in [-0.4, -0.2) is 16.2 Å². The Bertz CT molecular complexity index is 602. The van der Waals surface area contributed by atoms with Crippen LogP contribution < -0.4 is 4.74 Å². The van der Waals surface area contributed by atoms with E-state index in [9.17, 15) is 9.18 Å². The minimum absolute atomic E-state index is 0.00236. The van der Waals surface area contributed by atoms with Gasteiger partial charge in [-0.3, -0.25) is 0 Å². The number of rotatable bonds is 4. The largest absolute Gasteiger partial charge is 0.485 e. The second kappa shape index (κ2) is 5.09. The fourth-order valence-electron chi connectivity index (χ4n) is 1.68. The van der Waals surface area contributed by atoms with E-state index in [0.717, 1.165) is 6.07 Å². The number of carbonyl (C=O) groups is 1. The second-order valence-corrected chi connectivity index (χ2v) is 4.01. The molecular weight excluding hydrogens is 253 g/mol. The molecule has 0 aliphatic heterocycles. The summed E-state index contributed by atoms with van der Waals surface area (Å²) in [5.41, 5.74) is 1.09. The topological polar surface area (TPSA) is 72.6 Å². The van der Waals surface area contributed by atoms with Crippen LogP contribution in [0.4, 0.5) is 4.39 Å². The minimum atomic E-state index is -1.24. The number of carboxylic acids is 1. The molecule has 2 rings (SSSR count). The molecule has 6 heteroatoms. The maximum absolute atomic E-state index is 13.6. The average Bonchev–Trinajstić information content (AvgIpc) is 2.67.